The van der Waals surface area contributed by atoms with Gasteiger partial charge in [-0.15, -0.1) is 0 Å². The zero-order valence-corrected chi connectivity index (χ0v) is 11.6. The maximum Gasteiger partial charge on any atom is 0.328 e. The minimum atomic E-state index is -1.01. The van der Waals surface area contributed by atoms with Crippen LogP contribution in [0.5, 0.6) is 0 Å². The lowest BCUT2D eigenvalue weighted by Crippen LogP contribution is -2.41. The number of aliphatic carboxylic acids is 1. The Morgan fingerprint density at radius 3 is 2.37 bits per heavy atom. The Kier molecular flexibility index (Phi) is 9.48. The lowest BCUT2D eigenvalue weighted by Gasteiger charge is -2.15. The average molecular weight is 273 g/mol. The molecule has 0 saturated heterocycles. The zero-order valence-electron chi connectivity index (χ0n) is 11.6. The first-order chi connectivity index (χ1) is 9.01. The number of hydrogen-bond donors (Lipinski definition) is 2. The van der Waals surface area contributed by atoms with Gasteiger partial charge in [0.15, 0.2) is 0 Å². The molecule has 0 spiro atoms. The third-order valence-corrected chi connectivity index (χ3v) is 2.73. The van der Waals surface area contributed by atoms with Gasteiger partial charge in [-0.3, -0.25) is 9.59 Å². The quantitative estimate of drug-likeness (QED) is 0.464. The molecule has 0 aliphatic rings. The number of hydrogen-bond acceptors (Lipinski definition) is 4. The van der Waals surface area contributed by atoms with Gasteiger partial charge in [0.25, 0.3) is 0 Å². The van der Waals surface area contributed by atoms with E-state index in [0.29, 0.717) is 6.42 Å². The van der Waals surface area contributed by atoms with Crippen molar-refractivity contribution in [2.75, 3.05) is 7.11 Å². The van der Waals surface area contributed by atoms with Gasteiger partial charge in [-0.1, -0.05) is 26.2 Å². The summed E-state index contributed by atoms with van der Waals surface area (Å²) in [5, 5.41) is 11.1. The average Bonchev–Trinajstić information content (AvgIpc) is 2.38. The number of methoxy groups -OCH3 is 1. The van der Waals surface area contributed by atoms with Crippen LogP contribution >= 0.6 is 0 Å². The fourth-order valence-corrected chi connectivity index (χ4v) is 1.64. The first-order valence-corrected chi connectivity index (χ1v) is 6.60. The van der Waals surface area contributed by atoms with Gasteiger partial charge in [0.1, 0.15) is 6.04 Å². The minimum absolute atomic E-state index is 0.0444. The highest BCUT2D eigenvalue weighted by Gasteiger charge is 2.21. The molecule has 19 heavy (non-hydrogen) atoms. The number of carbonyl (C=O) groups is 3. The Bertz CT molecular complexity index is 303. The molecule has 1 atom stereocenters. The van der Waals surface area contributed by atoms with Crippen LogP contribution in [0.2, 0.25) is 0 Å². The molecule has 0 radical (unpaired) electrons. The van der Waals surface area contributed by atoms with Crippen LogP contribution in [-0.4, -0.2) is 36.1 Å². The summed E-state index contributed by atoms with van der Waals surface area (Å²) in [5.41, 5.74) is 0. The first-order valence-electron chi connectivity index (χ1n) is 6.60. The van der Waals surface area contributed by atoms with Crippen molar-refractivity contribution in [3.8, 4) is 0 Å². The number of carboxylic acids is 1. The molecule has 0 bridgehead atoms. The summed E-state index contributed by atoms with van der Waals surface area (Å²) in [5.74, 6) is -1.86. The van der Waals surface area contributed by atoms with E-state index in [1.54, 1.807) is 0 Å². The molecule has 0 rings (SSSR count). The summed E-state index contributed by atoms with van der Waals surface area (Å²) < 4.78 is 4.54. The summed E-state index contributed by atoms with van der Waals surface area (Å²) >= 11 is 0. The van der Waals surface area contributed by atoms with E-state index in [1.807, 2.05) is 0 Å². The molecular formula is C13H23NO5. The molecular weight excluding hydrogens is 250 g/mol. The van der Waals surface area contributed by atoms with Crippen LogP contribution in [0.25, 0.3) is 0 Å². The number of esters is 1. The largest absolute Gasteiger partial charge is 0.481 e. The van der Waals surface area contributed by atoms with Gasteiger partial charge in [-0.25, -0.2) is 4.79 Å². The lowest BCUT2D eigenvalue weighted by molar-refractivity contribution is -0.146. The van der Waals surface area contributed by atoms with E-state index in [-0.39, 0.29) is 18.7 Å². The topological polar surface area (TPSA) is 92.7 Å². The third kappa shape index (κ3) is 9.04. The fraction of sp³-hybridized carbons (Fsp3) is 0.769. The van der Waals surface area contributed by atoms with Crippen LogP contribution in [0.3, 0.4) is 0 Å². The van der Waals surface area contributed by atoms with Crippen molar-refractivity contribution in [3.05, 3.63) is 0 Å². The predicted molar refractivity (Wildman–Crippen MR) is 69.6 cm³/mol. The highest BCUT2D eigenvalue weighted by atomic mass is 16.5. The van der Waals surface area contributed by atoms with E-state index >= 15 is 0 Å². The molecule has 0 unspecified atom stereocenters. The number of carboxylic acid groups (broad SMARTS) is 1. The molecule has 0 aliphatic carbocycles. The second-order valence-electron chi connectivity index (χ2n) is 4.39. The zero-order chi connectivity index (χ0) is 14.7. The predicted octanol–water partition coefficient (Wildman–Crippen LogP) is 1.48. The normalized spacial score (nSPS) is 11.7. The molecule has 0 aliphatic heterocycles. The van der Waals surface area contributed by atoms with E-state index < -0.39 is 18.0 Å². The summed E-state index contributed by atoms with van der Waals surface area (Å²) in [4.78, 5) is 33.5. The van der Waals surface area contributed by atoms with Crippen molar-refractivity contribution in [1.29, 1.82) is 0 Å². The van der Waals surface area contributed by atoms with Crippen molar-refractivity contribution in [1.82, 2.24) is 5.32 Å². The standard InChI is InChI=1S/C13H23NO5/c1-3-4-5-6-7-11(15)14-10(13(18)19-2)8-9-12(16)17/h10H,3-9H2,1-2H3,(H,14,15)(H,16,17)/t10-/m1/s1. The molecule has 2 N–H and O–H groups in total. The SMILES string of the molecule is CCCCCCC(=O)N[C@H](CCC(=O)O)C(=O)OC. The van der Waals surface area contributed by atoms with Gasteiger partial charge in [0.05, 0.1) is 7.11 Å². The second kappa shape index (κ2) is 10.3. The van der Waals surface area contributed by atoms with Gasteiger partial charge in [-0.05, 0) is 12.8 Å². The maximum absolute atomic E-state index is 11.6. The molecule has 0 fully saturated rings. The Hall–Kier alpha value is -1.59. The van der Waals surface area contributed by atoms with E-state index in [0.717, 1.165) is 25.7 Å². The Balaban J connectivity index is 4.11. The number of carbonyl (C=O) groups excluding carboxylic acids is 2. The van der Waals surface area contributed by atoms with Crippen LogP contribution < -0.4 is 5.32 Å². The minimum Gasteiger partial charge on any atom is -0.481 e. The molecule has 110 valence electrons. The van der Waals surface area contributed by atoms with Crippen LogP contribution in [0.15, 0.2) is 0 Å². The molecule has 0 heterocycles. The van der Waals surface area contributed by atoms with Crippen molar-refractivity contribution in [2.45, 2.75) is 57.9 Å². The summed E-state index contributed by atoms with van der Waals surface area (Å²) in [7, 11) is 1.21. The third-order valence-electron chi connectivity index (χ3n) is 2.73. The van der Waals surface area contributed by atoms with E-state index in [4.69, 9.17) is 5.11 Å². The Labute approximate surface area is 113 Å². The van der Waals surface area contributed by atoms with Crippen LogP contribution in [0.1, 0.15) is 51.9 Å². The van der Waals surface area contributed by atoms with Crippen LogP contribution in [-0.2, 0) is 19.1 Å². The second-order valence-corrected chi connectivity index (χ2v) is 4.39. The Morgan fingerprint density at radius 2 is 1.84 bits per heavy atom. The summed E-state index contributed by atoms with van der Waals surface area (Å²) in [6.07, 6.45) is 4.12. The van der Waals surface area contributed by atoms with Gasteiger partial charge in [-0.2, -0.15) is 0 Å². The van der Waals surface area contributed by atoms with Crippen molar-refractivity contribution in [2.24, 2.45) is 0 Å². The number of amides is 1. The smallest absolute Gasteiger partial charge is 0.328 e. The number of unbranched alkanes of at least 4 members (excludes halogenated alkanes) is 3. The molecule has 6 heteroatoms. The lowest BCUT2D eigenvalue weighted by atomic mass is 10.1. The highest BCUT2D eigenvalue weighted by Crippen LogP contribution is 2.04. The molecule has 6 nitrogen and oxygen atoms in total. The molecule has 0 aromatic carbocycles. The van der Waals surface area contributed by atoms with E-state index in [1.165, 1.54) is 7.11 Å². The summed E-state index contributed by atoms with van der Waals surface area (Å²) in [6.45, 7) is 2.08. The maximum atomic E-state index is 11.6. The molecule has 0 aromatic rings. The van der Waals surface area contributed by atoms with Gasteiger partial charge in [0.2, 0.25) is 5.91 Å². The Morgan fingerprint density at radius 1 is 1.16 bits per heavy atom. The van der Waals surface area contributed by atoms with Crippen LogP contribution in [0, 0.1) is 0 Å². The first kappa shape index (κ1) is 17.4. The van der Waals surface area contributed by atoms with Gasteiger partial charge >= 0.3 is 11.9 Å². The molecule has 1 amide bonds. The fourth-order valence-electron chi connectivity index (χ4n) is 1.64. The highest BCUT2D eigenvalue weighted by molar-refractivity contribution is 5.84. The van der Waals surface area contributed by atoms with Crippen molar-refractivity contribution >= 4 is 17.8 Å². The van der Waals surface area contributed by atoms with E-state index in [2.05, 4.69) is 17.0 Å². The van der Waals surface area contributed by atoms with Gasteiger partial charge in [0, 0.05) is 12.8 Å². The van der Waals surface area contributed by atoms with E-state index in [9.17, 15) is 14.4 Å². The molecule has 0 saturated carbocycles. The number of ether oxygens (including phenoxy) is 1. The summed E-state index contributed by atoms with van der Waals surface area (Å²) in [6, 6.07) is -0.875. The van der Waals surface area contributed by atoms with Gasteiger partial charge < -0.3 is 15.2 Å². The van der Waals surface area contributed by atoms with Crippen molar-refractivity contribution < 1.29 is 24.2 Å². The van der Waals surface area contributed by atoms with Crippen LogP contribution in [0.4, 0.5) is 0 Å². The van der Waals surface area contributed by atoms with Crippen molar-refractivity contribution in [3.63, 3.8) is 0 Å². The number of rotatable bonds is 10. The number of nitrogens with one attached hydrogen (secondary N) is 1. The molecule has 0 aromatic heterocycles. The monoisotopic (exact) mass is 273 g/mol.